The third-order valence-electron chi connectivity index (χ3n) is 12.2. The van der Waals surface area contributed by atoms with E-state index in [1.165, 1.54) is 16.5 Å². The number of fused-ring (bicyclic) bond motifs is 10. The number of hydrogen-bond donors (Lipinski definition) is 1. The van der Waals surface area contributed by atoms with Crippen LogP contribution in [0.1, 0.15) is 22.9 Å². The van der Waals surface area contributed by atoms with Crippen molar-refractivity contribution in [2.24, 2.45) is 9.98 Å². The Morgan fingerprint density at radius 3 is 1.75 bits per heavy atom. The van der Waals surface area contributed by atoms with Gasteiger partial charge >= 0.3 is 0 Å². The molecule has 61 heavy (non-hydrogen) atoms. The second kappa shape index (κ2) is 13.1. The van der Waals surface area contributed by atoms with Crippen LogP contribution in [0, 0.1) is 0 Å². The van der Waals surface area contributed by atoms with E-state index in [1.807, 2.05) is 54.6 Å². The normalized spacial score (nSPS) is 14.4. The van der Waals surface area contributed by atoms with E-state index in [2.05, 4.69) is 139 Å². The van der Waals surface area contributed by atoms with Crippen LogP contribution in [0.2, 0.25) is 0 Å². The van der Waals surface area contributed by atoms with Crippen molar-refractivity contribution < 1.29 is 13.3 Å². The topological polar surface area (TPSA) is 76.2 Å². The molecule has 3 aromatic heterocycles. The van der Waals surface area contributed by atoms with Gasteiger partial charge in [0.25, 0.3) is 0 Å². The molecule has 0 bridgehead atoms. The molecule has 1 atom stereocenters. The van der Waals surface area contributed by atoms with Gasteiger partial charge in [0.2, 0.25) is 0 Å². The average molecular weight is 784 g/mol. The Labute approximate surface area is 348 Å². The van der Waals surface area contributed by atoms with Gasteiger partial charge in [0.1, 0.15) is 45.5 Å². The minimum atomic E-state index is -0.442. The van der Waals surface area contributed by atoms with Gasteiger partial charge in [-0.1, -0.05) is 127 Å². The highest BCUT2D eigenvalue weighted by atomic mass is 16.3. The Morgan fingerprint density at radius 1 is 0.361 bits per heavy atom. The number of amidine groups is 2. The molecular formula is C55H33N3O3. The summed E-state index contributed by atoms with van der Waals surface area (Å²) in [7, 11) is 0. The molecule has 0 radical (unpaired) electrons. The third kappa shape index (κ3) is 5.36. The molecule has 0 aliphatic carbocycles. The summed E-state index contributed by atoms with van der Waals surface area (Å²) in [6.45, 7) is 0. The van der Waals surface area contributed by atoms with Gasteiger partial charge in [-0.2, -0.15) is 0 Å². The molecule has 1 N–H and O–H groups in total. The van der Waals surface area contributed by atoms with E-state index in [4.69, 9.17) is 23.2 Å². The maximum absolute atomic E-state index is 6.65. The number of para-hydroxylation sites is 2. The molecule has 1 aliphatic rings. The molecule has 6 heteroatoms. The van der Waals surface area contributed by atoms with Gasteiger partial charge in [0.05, 0.1) is 0 Å². The van der Waals surface area contributed by atoms with Crippen molar-refractivity contribution in [3.63, 3.8) is 0 Å². The fraction of sp³-hybridized carbons (Fsp3) is 0.0182. The lowest BCUT2D eigenvalue weighted by molar-refractivity contribution is 0.667. The van der Waals surface area contributed by atoms with Crippen molar-refractivity contribution in [1.82, 2.24) is 5.32 Å². The first kappa shape index (κ1) is 33.7. The Kier molecular flexibility index (Phi) is 7.27. The molecule has 12 aromatic rings. The highest BCUT2D eigenvalue weighted by Crippen LogP contribution is 2.39. The van der Waals surface area contributed by atoms with Crippen molar-refractivity contribution in [2.75, 3.05) is 0 Å². The lowest BCUT2D eigenvalue weighted by Gasteiger charge is -2.25. The highest BCUT2D eigenvalue weighted by Gasteiger charge is 2.26. The van der Waals surface area contributed by atoms with Crippen molar-refractivity contribution in [3.05, 3.63) is 205 Å². The number of benzene rings is 9. The first-order valence-corrected chi connectivity index (χ1v) is 20.5. The van der Waals surface area contributed by atoms with Crippen LogP contribution in [0.25, 0.3) is 98.8 Å². The van der Waals surface area contributed by atoms with Gasteiger partial charge in [-0.05, 0) is 93.7 Å². The lowest BCUT2D eigenvalue weighted by atomic mass is 9.93. The van der Waals surface area contributed by atoms with Gasteiger partial charge in [0, 0.05) is 49.0 Å². The second-order valence-electron chi connectivity index (χ2n) is 15.7. The highest BCUT2D eigenvalue weighted by molar-refractivity contribution is 6.22. The first-order chi connectivity index (χ1) is 30.2. The van der Waals surface area contributed by atoms with Crippen molar-refractivity contribution in [1.29, 1.82) is 0 Å². The molecule has 0 saturated heterocycles. The maximum Gasteiger partial charge on any atom is 0.159 e. The fourth-order valence-corrected chi connectivity index (χ4v) is 9.28. The number of aliphatic imine (C=N–C) groups is 2. The Bertz CT molecular complexity index is 3810. The fourth-order valence-electron chi connectivity index (χ4n) is 9.28. The van der Waals surface area contributed by atoms with E-state index in [1.54, 1.807) is 0 Å². The summed E-state index contributed by atoms with van der Waals surface area (Å²) in [5.41, 5.74) is 12.4. The van der Waals surface area contributed by atoms with E-state index in [0.29, 0.717) is 5.84 Å². The van der Waals surface area contributed by atoms with Crippen LogP contribution in [0.3, 0.4) is 0 Å². The molecule has 0 saturated carbocycles. The Morgan fingerprint density at radius 2 is 0.951 bits per heavy atom. The SMILES string of the molecule is c1ccc(-c2ccc(C3N=C(c4ccc5oc6ccccc6c5c4)N=C(c4cccc5oc6cc(-c7ccc8c(c7)oc7ccccc78)ccc6c45)N3)c3ccccc23)cc1. The van der Waals surface area contributed by atoms with E-state index in [-0.39, 0.29) is 0 Å². The number of nitrogens with zero attached hydrogens (tertiary/aromatic N) is 2. The average Bonchev–Trinajstić information content (AvgIpc) is 4.01. The maximum atomic E-state index is 6.65. The molecule has 0 spiro atoms. The standard InChI is InChI=1S/C55H33N3O3/c1-2-11-32(12-3-1)36-26-27-42(38-14-5-4-13-37(36)38)54-56-53(35-23-28-48-45(29-35)40-16-7-9-19-47(40)59-48)57-55(58-54)44-17-10-20-49-52(44)43-25-22-34(31-51(43)61-49)33-21-24-41-39-15-6-8-18-46(39)60-50(41)30-33/h1-31,54H,(H,56,57,58). The summed E-state index contributed by atoms with van der Waals surface area (Å²) in [5.74, 6) is 1.35. The number of hydrogen-bond acceptors (Lipinski definition) is 6. The monoisotopic (exact) mass is 783 g/mol. The molecule has 4 heterocycles. The van der Waals surface area contributed by atoms with Crippen molar-refractivity contribution in [3.8, 4) is 22.3 Å². The number of furan rings is 3. The van der Waals surface area contributed by atoms with E-state index in [0.717, 1.165) is 105 Å². The molecule has 13 rings (SSSR count). The zero-order chi connectivity index (χ0) is 40.0. The Balaban J connectivity index is 0.966. The quantitative estimate of drug-likeness (QED) is 0.189. The molecule has 0 fully saturated rings. The minimum absolute atomic E-state index is 0.442. The zero-order valence-corrected chi connectivity index (χ0v) is 32.6. The van der Waals surface area contributed by atoms with Crippen LogP contribution < -0.4 is 5.32 Å². The molecule has 1 unspecified atom stereocenters. The van der Waals surface area contributed by atoms with E-state index in [9.17, 15) is 0 Å². The molecule has 0 amide bonds. The van der Waals surface area contributed by atoms with Gasteiger partial charge in [-0.15, -0.1) is 0 Å². The third-order valence-corrected chi connectivity index (χ3v) is 12.2. The zero-order valence-electron chi connectivity index (χ0n) is 32.6. The molecule has 6 nitrogen and oxygen atoms in total. The second-order valence-corrected chi connectivity index (χ2v) is 15.7. The molecular weight excluding hydrogens is 751 g/mol. The van der Waals surface area contributed by atoms with Gasteiger partial charge in [0.15, 0.2) is 5.84 Å². The molecule has 1 aliphatic heterocycles. The first-order valence-electron chi connectivity index (χ1n) is 20.5. The molecule has 9 aromatic carbocycles. The van der Waals surface area contributed by atoms with Gasteiger partial charge in [-0.25, -0.2) is 9.98 Å². The number of nitrogens with one attached hydrogen (secondary N) is 1. The van der Waals surface area contributed by atoms with Crippen molar-refractivity contribution in [2.45, 2.75) is 6.17 Å². The summed E-state index contributed by atoms with van der Waals surface area (Å²) < 4.78 is 19.1. The Hall–Kier alpha value is -8.22. The van der Waals surface area contributed by atoms with Crippen LogP contribution in [-0.2, 0) is 0 Å². The van der Waals surface area contributed by atoms with Crippen LogP contribution >= 0.6 is 0 Å². The van der Waals surface area contributed by atoms with Crippen LogP contribution in [0.4, 0.5) is 0 Å². The van der Waals surface area contributed by atoms with Crippen LogP contribution in [0.5, 0.6) is 0 Å². The minimum Gasteiger partial charge on any atom is -0.456 e. The summed E-state index contributed by atoms with van der Waals surface area (Å²) in [5, 5.41) is 12.4. The number of rotatable bonds is 5. The van der Waals surface area contributed by atoms with E-state index < -0.39 is 6.17 Å². The summed E-state index contributed by atoms with van der Waals surface area (Å²) in [6, 6.07) is 65.2. The van der Waals surface area contributed by atoms with Crippen LogP contribution in [-0.4, -0.2) is 11.7 Å². The largest absolute Gasteiger partial charge is 0.456 e. The van der Waals surface area contributed by atoms with Crippen LogP contribution in [0.15, 0.2) is 211 Å². The molecule has 286 valence electrons. The smallest absolute Gasteiger partial charge is 0.159 e. The van der Waals surface area contributed by atoms with Crippen molar-refractivity contribution >= 4 is 88.3 Å². The summed E-state index contributed by atoms with van der Waals surface area (Å²) >= 11 is 0. The summed E-state index contributed by atoms with van der Waals surface area (Å²) in [6.07, 6.45) is -0.442. The predicted molar refractivity (Wildman–Crippen MR) is 248 cm³/mol. The van der Waals surface area contributed by atoms with Gasteiger partial charge in [-0.3, -0.25) is 0 Å². The lowest BCUT2D eigenvalue weighted by Crippen LogP contribution is -2.33. The predicted octanol–water partition coefficient (Wildman–Crippen LogP) is 14.4. The van der Waals surface area contributed by atoms with E-state index >= 15 is 0 Å². The van der Waals surface area contributed by atoms with Gasteiger partial charge < -0.3 is 18.6 Å². The summed E-state index contributed by atoms with van der Waals surface area (Å²) in [4.78, 5) is 10.7.